The Bertz CT molecular complexity index is 567. The normalized spacial score (nSPS) is 44.9. The van der Waals surface area contributed by atoms with Gasteiger partial charge >= 0.3 is 11.9 Å². The third-order valence-corrected chi connectivity index (χ3v) is 5.63. The Hall–Kier alpha value is -1.44. The summed E-state index contributed by atoms with van der Waals surface area (Å²) in [6.07, 6.45) is 2.22. The van der Waals surface area contributed by atoms with E-state index in [0.29, 0.717) is 6.42 Å². The second-order valence-corrected chi connectivity index (χ2v) is 7.00. The summed E-state index contributed by atoms with van der Waals surface area (Å²) in [6, 6.07) is -0.124. The highest BCUT2D eigenvalue weighted by Crippen LogP contribution is 2.37. The van der Waals surface area contributed by atoms with Gasteiger partial charge in [0, 0.05) is 13.1 Å². The quantitative estimate of drug-likeness (QED) is 0.462. The summed E-state index contributed by atoms with van der Waals surface area (Å²) in [6.45, 7) is 5.46. The van der Waals surface area contributed by atoms with Gasteiger partial charge in [0.25, 0.3) is 0 Å². The van der Waals surface area contributed by atoms with Crippen LogP contribution in [0, 0.1) is 5.92 Å². The van der Waals surface area contributed by atoms with Crippen molar-refractivity contribution in [1.29, 1.82) is 0 Å². The molecule has 0 aromatic heterocycles. The molecule has 0 aromatic rings. The second-order valence-electron chi connectivity index (χ2n) is 7.00. The van der Waals surface area contributed by atoms with E-state index in [1.807, 2.05) is 6.08 Å². The third-order valence-electron chi connectivity index (χ3n) is 5.63. The van der Waals surface area contributed by atoms with E-state index in [0.717, 1.165) is 18.7 Å². The van der Waals surface area contributed by atoms with Crippen molar-refractivity contribution in [3.05, 3.63) is 11.6 Å². The van der Waals surface area contributed by atoms with Crippen LogP contribution in [0.15, 0.2) is 11.6 Å². The van der Waals surface area contributed by atoms with E-state index >= 15 is 0 Å². The summed E-state index contributed by atoms with van der Waals surface area (Å²) in [5, 5.41) is 21.2. The third kappa shape index (κ3) is 2.38. The van der Waals surface area contributed by atoms with Gasteiger partial charge in [0.15, 0.2) is 5.60 Å². The first-order valence-corrected chi connectivity index (χ1v) is 7.91. The Balaban J connectivity index is 1.97. The monoisotopic (exact) mass is 325 g/mol. The zero-order chi connectivity index (χ0) is 17.0. The zero-order valence-corrected chi connectivity index (χ0v) is 13.6. The summed E-state index contributed by atoms with van der Waals surface area (Å²) in [7, 11) is 0. The molecule has 3 aliphatic heterocycles. The number of carbonyl (C=O) groups excluding carboxylic acids is 2. The van der Waals surface area contributed by atoms with Gasteiger partial charge in [0.2, 0.25) is 0 Å². The fourth-order valence-electron chi connectivity index (χ4n) is 3.52. The highest BCUT2D eigenvalue weighted by Gasteiger charge is 2.56. The molecule has 0 aromatic carbocycles. The van der Waals surface area contributed by atoms with Crippen LogP contribution in [0.25, 0.3) is 0 Å². The smallest absolute Gasteiger partial charge is 0.341 e. The summed E-state index contributed by atoms with van der Waals surface area (Å²) in [5.41, 5.74) is -3.32. The molecule has 0 radical (unpaired) electrons. The molecule has 2 N–H and O–H groups in total. The lowest BCUT2D eigenvalue weighted by Crippen LogP contribution is -2.61. The van der Waals surface area contributed by atoms with Crippen LogP contribution < -0.4 is 0 Å². The number of esters is 2. The highest BCUT2D eigenvalue weighted by molar-refractivity contribution is 5.83. The van der Waals surface area contributed by atoms with Crippen LogP contribution >= 0.6 is 0 Å². The minimum atomic E-state index is -2.22. The second kappa shape index (κ2) is 5.29. The van der Waals surface area contributed by atoms with Gasteiger partial charge in [-0.1, -0.05) is 6.08 Å². The molecule has 0 spiro atoms. The first kappa shape index (κ1) is 16.4. The molecule has 3 heterocycles. The van der Waals surface area contributed by atoms with Gasteiger partial charge in [-0.05, 0) is 32.8 Å². The van der Waals surface area contributed by atoms with Crippen LogP contribution in [0.3, 0.4) is 0 Å². The SMILES string of the molecule is C[C@@H]1C(=O)OCC2=CCN3CC[C@H](OC(=O)[C@](C)(O)[C@@]1(C)O)[C@@H]23. The Kier molecular flexibility index (Phi) is 3.78. The van der Waals surface area contributed by atoms with E-state index in [-0.39, 0.29) is 12.6 Å². The average Bonchev–Trinajstić information content (AvgIpc) is 3.06. The highest BCUT2D eigenvalue weighted by atomic mass is 16.6. The molecule has 7 heteroatoms. The average molecular weight is 325 g/mol. The van der Waals surface area contributed by atoms with Crippen LogP contribution in [0.1, 0.15) is 27.2 Å². The summed E-state index contributed by atoms with van der Waals surface area (Å²) in [4.78, 5) is 26.9. The van der Waals surface area contributed by atoms with E-state index in [9.17, 15) is 19.8 Å². The Morgan fingerprint density at radius 3 is 2.70 bits per heavy atom. The number of hydrogen-bond donors (Lipinski definition) is 2. The summed E-state index contributed by atoms with van der Waals surface area (Å²) in [5.74, 6) is -2.65. The van der Waals surface area contributed by atoms with Crippen LogP contribution in [-0.2, 0) is 19.1 Å². The van der Waals surface area contributed by atoms with Crippen molar-refractivity contribution < 1.29 is 29.3 Å². The lowest BCUT2D eigenvalue weighted by molar-refractivity contribution is -0.208. The Labute approximate surface area is 134 Å². The Morgan fingerprint density at radius 1 is 1.30 bits per heavy atom. The maximum absolute atomic E-state index is 12.5. The number of aliphatic hydroxyl groups is 2. The van der Waals surface area contributed by atoms with Crippen molar-refractivity contribution in [3.63, 3.8) is 0 Å². The molecule has 0 saturated carbocycles. The van der Waals surface area contributed by atoms with Crippen LogP contribution in [0.4, 0.5) is 0 Å². The maximum atomic E-state index is 12.5. The predicted molar refractivity (Wildman–Crippen MR) is 79.3 cm³/mol. The van der Waals surface area contributed by atoms with E-state index in [4.69, 9.17) is 9.47 Å². The summed E-state index contributed by atoms with van der Waals surface area (Å²) < 4.78 is 10.8. The lowest BCUT2D eigenvalue weighted by atomic mass is 9.76. The van der Waals surface area contributed by atoms with Crippen LogP contribution in [0.5, 0.6) is 0 Å². The van der Waals surface area contributed by atoms with Crippen molar-refractivity contribution in [2.45, 2.75) is 50.5 Å². The minimum Gasteiger partial charge on any atom is -0.461 e. The van der Waals surface area contributed by atoms with Crippen molar-refractivity contribution >= 4 is 11.9 Å². The molecule has 7 nitrogen and oxygen atoms in total. The predicted octanol–water partition coefficient (Wildman–Crippen LogP) is -0.393. The molecule has 3 aliphatic rings. The molecule has 23 heavy (non-hydrogen) atoms. The zero-order valence-electron chi connectivity index (χ0n) is 13.6. The first-order chi connectivity index (χ1) is 10.7. The number of hydrogen-bond acceptors (Lipinski definition) is 7. The molecular weight excluding hydrogens is 302 g/mol. The minimum absolute atomic E-state index is 0.108. The van der Waals surface area contributed by atoms with E-state index < -0.39 is 35.2 Å². The summed E-state index contributed by atoms with van der Waals surface area (Å²) >= 11 is 0. The van der Waals surface area contributed by atoms with Crippen molar-refractivity contribution in [2.75, 3.05) is 19.7 Å². The standard InChI is InChI=1S/C16H23NO6/c1-9-13(18)22-8-10-4-6-17-7-5-11(12(10)17)23-14(19)16(3,21)15(9,2)20/h4,9,11-12,20-21H,5-8H2,1-3H3/t9-,11+,12-,15+,16+/m1/s1. The molecule has 0 amide bonds. The molecule has 3 rings (SSSR count). The van der Waals surface area contributed by atoms with E-state index in [1.165, 1.54) is 20.8 Å². The topological polar surface area (TPSA) is 96.3 Å². The molecule has 0 bridgehead atoms. The molecule has 2 saturated heterocycles. The van der Waals surface area contributed by atoms with Gasteiger partial charge in [0.05, 0.1) is 12.0 Å². The largest absolute Gasteiger partial charge is 0.461 e. The first-order valence-electron chi connectivity index (χ1n) is 7.91. The van der Waals surface area contributed by atoms with Crippen LogP contribution in [0.2, 0.25) is 0 Å². The molecule has 5 atom stereocenters. The van der Waals surface area contributed by atoms with Gasteiger partial charge in [-0.15, -0.1) is 0 Å². The fraction of sp³-hybridized carbons (Fsp3) is 0.750. The number of ether oxygens (including phenoxy) is 2. The molecule has 2 fully saturated rings. The van der Waals surface area contributed by atoms with Crippen molar-refractivity contribution in [1.82, 2.24) is 4.90 Å². The Morgan fingerprint density at radius 2 is 2.00 bits per heavy atom. The fourth-order valence-corrected chi connectivity index (χ4v) is 3.52. The van der Waals surface area contributed by atoms with Gasteiger partial charge in [-0.3, -0.25) is 9.69 Å². The van der Waals surface area contributed by atoms with Crippen molar-refractivity contribution in [2.24, 2.45) is 5.92 Å². The van der Waals surface area contributed by atoms with Gasteiger partial charge in [-0.25, -0.2) is 4.79 Å². The van der Waals surface area contributed by atoms with Gasteiger partial charge in [-0.2, -0.15) is 0 Å². The molecule has 0 aliphatic carbocycles. The van der Waals surface area contributed by atoms with Crippen molar-refractivity contribution in [3.8, 4) is 0 Å². The number of nitrogens with zero attached hydrogens (tertiary/aromatic N) is 1. The lowest BCUT2D eigenvalue weighted by Gasteiger charge is -2.39. The maximum Gasteiger partial charge on any atom is 0.341 e. The van der Waals surface area contributed by atoms with E-state index in [1.54, 1.807) is 0 Å². The van der Waals surface area contributed by atoms with Crippen LogP contribution in [-0.4, -0.2) is 70.1 Å². The molecular formula is C16H23NO6. The van der Waals surface area contributed by atoms with Gasteiger partial charge in [0.1, 0.15) is 18.3 Å². The molecule has 128 valence electrons. The van der Waals surface area contributed by atoms with E-state index in [2.05, 4.69) is 4.90 Å². The number of rotatable bonds is 0. The molecule has 0 unspecified atom stereocenters. The van der Waals surface area contributed by atoms with Gasteiger partial charge < -0.3 is 19.7 Å². The number of cyclic esters (lactones) is 1. The number of carbonyl (C=O) groups is 2.